The van der Waals surface area contributed by atoms with Crippen molar-refractivity contribution in [1.29, 1.82) is 0 Å². The molecule has 1 aliphatic heterocycles. The lowest BCUT2D eigenvalue weighted by molar-refractivity contribution is -0.271. The van der Waals surface area contributed by atoms with Gasteiger partial charge < -0.3 is 66.8 Å². The first kappa shape index (κ1) is 33.8. The molecule has 0 aromatic heterocycles. The highest BCUT2D eigenvalue weighted by Gasteiger charge is 2.48. The van der Waals surface area contributed by atoms with E-state index < -0.39 is 55.1 Å². The van der Waals surface area contributed by atoms with E-state index in [4.69, 9.17) is 35.5 Å². The number of aliphatic hydroxyl groups excluding tert-OH is 4. The highest BCUT2D eigenvalue weighted by Crippen LogP contribution is 2.30. The standard InChI is InChI=1S/C25H49N5O9/c1-15(28-2)21(34)25(36-12-11-32)39-24-18(30-19(33)6-4-8-26)13-17(27)23(22(24)35)38-20-7-3-5-16(37-20)14-29-9-10-31/h5,15,17-18,20-25,28-29,31-32,34-35H,3-4,6-14,26-27H2,1-2H3,(H,30,33)/t15-,17-,18+,20+,21+,22-,23+,24-,25+/m0/s1. The van der Waals surface area contributed by atoms with Crippen LogP contribution < -0.4 is 27.4 Å². The molecule has 0 aromatic carbocycles. The Morgan fingerprint density at radius 3 is 2.72 bits per heavy atom. The number of hydrogen-bond donors (Lipinski definition) is 9. The fourth-order valence-corrected chi connectivity index (χ4v) is 4.56. The third-order valence-corrected chi connectivity index (χ3v) is 6.84. The van der Waals surface area contributed by atoms with E-state index in [2.05, 4.69) is 16.0 Å². The summed E-state index contributed by atoms with van der Waals surface area (Å²) in [4.78, 5) is 12.6. The van der Waals surface area contributed by atoms with Gasteiger partial charge in [0, 0.05) is 31.5 Å². The Balaban J connectivity index is 2.20. The Hall–Kier alpha value is -1.43. The largest absolute Gasteiger partial charge is 0.468 e. The monoisotopic (exact) mass is 563 g/mol. The molecule has 0 unspecified atom stereocenters. The van der Waals surface area contributed by atoms with Gasteiger partial charge in [0.25, 0.3) is 0 Å². The van der Waals surface area contributed by atoms with E-state index in [-0.39, 0.29) is 38.6 Å². The molecule has 14 heteroatoms. The number of amides is 1. The molecular formula is C25H49N5O9. The number of carbonyl (C=O) groups is 1. The van der Waals surface area contributed by atoms with E-state index in [1.54, 1.807) is 14.0 Å². The average molecular weight is 564 g/mol. The van der Waals surface area contributed by atoms with Crippen molar-refractivity contribution < 1.29 is 44.2 Å². The van der Waals surface area contributed by atoms with Gasteiger partial charge in [-0.1, -0.05) is 0 Å². The minimum Gasteiger partial charge on any atom is -0.468 e. The van der Waals surface area contributed by atoms with Crippen molar-refractivity contribution in [2.45, 2.75) is 94.1 Å². The molecule has 228 valence electrons. The number of allylic oxidation sites excluding steroid dienone is 1. The zero-order chi connectivity index (χ0) is 28.8. The average Bonchev–Trinajstić information content (AvgIpc) is 2.93. The number of likely N-dealkylation sites (N-methyl/N-ethyl adjacent to an activating group) is 1. The molecule has 11 N–H and O–H groups in total. The van der Waals surface area contributed by atoms with Crippen molar-refractivity contribution in [3.05, 3.63) is 11.8 Å². The molecule has 2 aliphatic rings. The number of nitrogens with two attached hydrogens (primary N) is 2. The summed E-state index contributed by atoms with van der Waals surface area (Å²) in [5, 5.41) is 49.4. The second kappa shape index (κ2) is 18.1. The van der Waals surface area contributed by atoms with Crippen LogP contribution >= 0.6 is 0 Å². The summed E-state index contributed by atoms with van der Waals surface area (Å²) in [5.41, 5.74) is 12.0. The molecule has 2 rings (SSSR count). The molecule has 0 saturated heterocycles. The second-order valence-corrected chi connectivity index (χ2v) is 9.88. The second-order valence-electron chi connectivity index (χ2n) is 9.88. The van der Waals surface area contributed by atoms with E-state index in [1.165, 1.54) is 0 Å². The molecule has 39 heavy (non-hydrogen) atoms. The maximum absolute atomic E-state index is 12.6. The molecule has 1 amide bonds. The van der Waals surface area contributed by atoms with Crippen molar-refractivity contribution in [2.75, 3.05) is 46.5 Å². The predicted molar refractivity (Wildman–Crippen MR) is 142 cm³/mol. The molecule has 0 radical (unpaired) electrons. The molecule has 1 heterocycles. The predicted octanol–water partition coefficient (Wildman–Crippen LogP) is -3.02. The highest BCUT2D eigenvalue weighted by molar-refractivity contribution is 5.76. The van der Waals surface area contributed by atoms with Gasteiger partial charge in [-0.05, 0) is 45.9 Å². The lowest BCUT2D eigenvalue weighted by Gasteiger charge is -2.46. The molecule has 0 aromatic rings. The smallest absolute Gasteiger partial charge is 0.220 e. The Labute approximate surface area is 230 Å². The van der Waals surface area contributed by atoms with Crippen LogP contribution in [-0.4, -0.2) is 128 Å². The van der Waals surface area contributed by atoms with Gasteiger partial charge in [-0.3, -0.25) is 4.79 Å². The van der Waals surface area contributed by atoms with E-state index in [1.807, 2.05) is 6.08 Å². The topological polar surface area (TPSA) is 223 Å². The Kier molecular flexibility index (Phi) is 15.7. The van der Waals surface area contributed by atoms with Gasteiger partial charge >= 0.3 is 0 Å². The first-order chi connectivity index (χ1) is 18.7. The minimum absolute atomic E-state index is 0.00640. The van der Waals surface area contributed by atoms with Crippen molar-refractivity contribution in [1.82, 2.24) is 16.0 Å². The summed E-state index contributed by atoms with van der Waals surface area (Å²) < 4.78 is 23.8. The van der Waals surface area contributed by atoms with Crippen molar-refractivity contribution in [3.63, 3.8) is 0 Å². The van der Waals surface area contributed by atoms with Gasteiger partial charge in [-0.2, -0.15) is 0 Å². The third-order valence-electron chi connectivity index (χ3n) is 6.84. The zero-order valence-corrected chi connectivity index (χ0v) is 23.0. The molecule has 14 nitrogen and oxygen atoms in total. The molecule has 1 fully saturated rings. The van der Waals surface area contributed by atoms with Crippen LogP contribution in [0.4, 0.5) is 0 Å². The maximum Gasteiger partial charge on any atom is 0.220 e. The number of aliphatic hydroxyl groups is 4. The fourth-order valence-electron chi connectivity index (χ4n) is 4.56. The van der Waals surface area contributed by atoms with Gasteiger partial charge in [0.15, 0.2) is 12.6 Å². The van der Waals surface area contributed by atoms with Crippen LogP contribution in [0.2, 0.25) is 0 Å². The molecule has 1 saturated carbocycles. The number of hydrogen-bond acceptors (Lipinski definition) is 13. The van der Waals surface area contributed by atoms with E-state index in [0.717, 1.165) is 0 Å². The molecule has 0 bridgehead atoms. The summed E-state index contributed by atoms with van der Waals surface area (Å²) in [6.45, 7) is 2.53. The van der Waals surface area contributed by atoms with Crippen LogP contribution in [0.1, 0.15) is 39.0 Å². The van der Waals surface area contributed by atoms with Crippen LogP contribution in [0.3, 0.4) is 0 Å². The summed E-state index contributed by atoms with van der Waals surface area (Å²) in [7, 11) is 1.67. The molecular weight excluding hydrogens is 514 g/mol. The van der Waals surface area contributed by atoms with Gasteiger partial charge in [0.1, 0.15) is 30.2 Å². The van der Waals surface area contributed by atoms with E-state index >= 15 is 0 Å². The quantitative estimate of drug-likeness (QED) is 0.0599. The maximum atomic E-state index is 12.6. The first-order valence-corrected chi connectivity index (χ1v) is 13.7. The van der Waals surface area contributed by atoms with Crippen molar-refractivity contribution >= 4 is 5.91 Å². The van der Waals surface area contributed by atoms with E-state index in [0.29, 0.717) is 44.7 Å². The summed E-state index contributed by atoms with van der Waals surface area (Å²) in [6, 6.07) is -1.81. The molecule has 1 aliphatic carbocycles. The number of rotatable bonds is 18. The minimum atomic E-state index is -1.31. The number of nitrogens with one attached hydrogen (secondary N) is 3. The van der Waals surface area contributed by atoms with Crippen LogP contribution in [0.5, 0.6) is 0 Å². The van der Waals surface area contributed by atoms with Crippen LogP contribution in [0.25, 0.3) is 0 Å². The normalized spacial score (nSPS) is 29.7. The van der Waals surface area contributed by atoms with Gasteiger partial charge in [0.05, 0.1) is 32.4 Å². The van der Waals surface area contributed by atoms with E-state index in [9.17, 15) is 20.1 Å². The number of carbonyl (C=O) groups excluding carboxylic acids is 1. The van der Waals surface area contributed by atoms with Gasteiger partial charge in [-0.15, -0.1) is 0 Å². The highest BCUT2D eigenvalue weighted by atomic mass is 16.7. The van der Waals surface area contributed by atoms with Gasteiger partial charge in [0.2, 0.25) is 5.91 Å². The third kappa shape index (κ3) is 10.8. The Morgan fingerprint density at radius 1 is 1.28 bits per heavy atom. The fraction of sp³-hybridized carbons (Fsp3) is 0.880. The number of ether oxygens (including phenoxy) is 4. The summed E-state index contributed by atoms with van der Waals surface area (Å²) >= 11 is 0. The van der Waals surface area contributed by atoms with Gasteiger partial charge in [-0.25, -0.2) is 0 Å². The molecule has 9 atom stereocenters. The molecule has 0 spiro atoms. The summed E-state index contributed by atoms with van der Waals surface area (Å²) in [5.74, 6) is 0.397. The van der Waals surface area contributed by atoms with Crippen molar-refractivity contribution in [2.24, 2.45) is 11.5 Å². The Bertz CT molecular complexity index is 734. The first-order valence-electron chi connectivity index (χ1n) is 13.7. The lowest BCUT2D eigenvalue weighted by Crippen LogP contribution is -2.66. The summed E-state index contributed by atoms with van der Waals surface area (Å²) in [6.07, 6.45) is -2.22. The lowest BCUT2D eigenvalue weighted by atomic mass is 9.83. The van der Waals surface area contributed by atoms with Crippen LogP contribution in [-0.2, 0) is 23.7 Å². The van der Waals surface area contributed by atoms with Crippen LogP contribution in [0.15, 0.2) is 11.8 Å². The SMILES string of the molecule is CN[C@@H](C)[C@@H](O)[C@H](OCCO)O[C@@H]1[C@@H](O)[C@H](O[C@@H]2CCC=C(CNCCO)O2)[C@@H](N)C[C@H]1NC(=O)CCCN. The zero-order valence-electron chi connectivity index (χ0n) is 23.0. The Morgan fingerprint density at radius 2 is 2.05 bits per heavy atom. The van der Waals surface area contributed by atoms with Crippen LogP contribution in [0, 0.1) is 0 Å². The van der Waals surface area contributed by atoms with Crippen molar-refractivity contribution in [3.8, 4) is 0 Å².